The second kappa shape index (κ2) is 3.00. The lowest BCUT2D eigenvalue weighted by Gasteiger charge is -2.14. The highest BCUT2D eigenvalue weighted by atomic mass is 16.4. The van der Waals surface area contributed by atoms with Gasteiger partial charge >= 0.3 is 12.0 Å². The number of likely N-dealkylation sites (N-methyl/N-ethyl adjacent to an activating group) is 2. The fraction of sp³-hybridized carbons (Fsp3) is 0.714. The molecule has 2 amide bonds. The first kappa shape index (κ1) is 8.83. The van der Waals surface area contributed by atoms with Crippen LogP contribution >= 0.6 is 0 Å². The Morgan fingerprint density at radius 3 is 2.58 bits per heavy atom. The summed E-state index contributed by atoms with van der Waals surface area (Å²) in [6.07, 6.45) is 0.0204. The van der Waals surface area contributed by atoms with Gasteiger partial charge in [-0.3, -0.25) is 4.79 Å². The van der Waals surface area contributed by atoms with Gasteiger partial charge < -0.3 is 14.9 Å². The van der Waals surface area contributed by atoms with Gasteiger partial charge in [0.05, 0.1) is 12.5 Å². The van der Waals surface area contributed by atoms with Gasteiger partial charge in [-0.15, -0.1) is 0 Å². The minimum Gasteiger partial charge on any atom is -0.481 e. The van der Waals surface area contributed by atoms with E-state index in [9.17, 15) is 9.59 Å². The second-order valence-electron chi connectivity index (χ2n) is 3.03. The van der Waals surface area contributed by atoms with Crippen molar-refractivity contribution < 1.29 is 14.7 Å². The molecule has 1 unspecified atom stereocenters. The van der Waals surface area contributed by atoms with E-state index in [1.807, 2.05) is 0 Å². The number of carbonyl (C=O) groups is 2. The number of nitrogens with zero attached hydrogens (tertiary/aromatic N) is 2. The highest BCUT2D eigenvalue weighted by molar-refractivity contribution is 5.78. The fourth-order valence-corrected chi connectivity index (χ4v) is 1.35. The van der Waals surface area contributed by atoms with Gasteiger partial charge in [0.2, 0.25) is 0 Å². The molecule has 1 rings (SSSR count). The van der Waals surface area contributed by atoms with Crippen LogP contribution in [0.25, 0.3) is 0 Å². The van der Waals surface area contributed by atoms with Gasteiger partial charge in [-0.2, -0.15) is 0 Å². The third kappa shape index (κ3) is 1.49. The molecule has 1 heterocycles. The van der Waals surface area contributed by atoms with Crippen molar-refractivity contribution in [2.24, 2.45) is 0 Å². The van der Waals surface area contributed by atoms with Crippen molar-refractivity contribution in [3.63, 3.8) is 0 Å². The van der Waals surface area contributed by atoms with Gasteiger partial charge in [-0.25, -0.2) is 4.79 Å². The molecule has 0 aliphatic carbocycles. The standard InChI is InChI=1S/C7H12N2O3/c1-8-4-5(3-6(10)11)9(2)7(8)12/h5H,3-4H2,1-2H3,(H,10,11). The number of urea groups is 1. The molecule has 68 valence electrons. The average Bonchev–Trinajstić information content (AvgIpc) is 2.17. The van der Waals surface area contributed by atoms with Crippen molar-refractivity contribution >= 4 is 12.0 Å². The minimum absolute atomic E-state index is 0.0204. The molecular weight excluding hydrogens is 160 g/mol. The summed E-state index contributed by atoms with van der Waals surface area (Å²) in [5, 5.41) is 8.51. The highest BCUT2D eigenvalue weighted by Crippen LogP contribution is 2.14. The number of rotatable bonds is 2. The summed E-state index contributed by atoms with van der Waals surface area (Å²) in [5.74, 6) is -0.866. The number of amides is 2. The summed E-state index contributed by atoms with van der Waals surface area (Å²) in [6, 6.07) is -0.291. The first-order valence-corrected chi connectivity index (χ1v) is 3.72. The summed E-state index contributed by atoms with van der Waals surface area (Å²) in [4.78, 5) is 24.5. The third-order valence-corrected chi connectivity index (χ3v) is 2.07. The quantitative estimate of drug-likeness (QED) is 0.629. The summed E-state index contributed by atoms with van der Waals surface area (Å²) >= 11 is 0. The van der Waals surface area contributed by atoms with E-state index in [1.165, 1.54) is 9.80 Å². The van der Waals surface area contributed by atoms with Gasteiger partial charge in [0.1, 0.15) is 0 Å². The van der Waals surface area contributed by atoms with E-state index in [-0.39, 0.29) is 18.5 Å². The van der Waals surface area contributed by atoms with E-state index in [0.717, 1.165) is 0 Å². The monoisotopic (exact) mass is 172 g/mol. The van der Waals surface area contributed by atoms with Crippen LogP contribution in [0.1, 0.15) is 6.42 Å². The number of hydrogen-bond donors (Lipinski definition) is 1. The van der Waals surface area contributed by atoms with Crippen LogP contribution in [0, 0.1) is 0 Å². The highest BCUT2D eigenvalue weighted by Gasteiger charge is 2.33. The van der Waals surface area contributed by atoms with E-state index in [1.54, 1.807) is 14.1 Å². The molecule has 1 saturated heterocycles. The number of aliphatic carboxylic acids is 1. The predicted molar refractivity (Wildman–Crippen MR) is 41.8 cm³/mol. The van der Waals surface area contributed by atoms with Crippen LogP contribution in [0.15, 0.2) is 0 Å². The molecular formula is C7H12N2O3. The van der Waals surface area contributed by atoms with Crippen LogP contribution in [-0.4, -0.2) is 53.6 Å². The maximum Gasteiger partial charge on any atom is 0.319 e. The van der Waals surface area contributed by atoms with Crippen molar-refractivity contribution in [1.82, 2.24) is 9.80 Å². The molecule has 0 aromatic heterocycles. The molecule has 12 heavy (non-hydrogen) atoms. The van der Waals surface area contributed by atoms with E-state index in [4.69, 9.17) is 5.11 Å². The average molecular weight is 172 g/mol. The molecule has 1 N–H and O–H groups in total. The summed E-state index contributed by atoms with van der Waals surface area (Å²) in [7, 11) is 3.29. The zero-order valence-electron chi connectivity index (χ0n) is 7.15. The maximum atomic E-state index is 11.2. The summed E-state index contributed by atoms with van der Waals surface area (Å²) in [5.41, 5.74) is 0. The Kier molecular flexibility index (Phi) is 2.21. The minimum atomic E-state index is -0.866. The van der Waals surface area contributed by atoms with Crippen molar-refractivity contribution in [2.45, 2.75) is 12.5 Å². The Bertz CT molecular complexity index is 217. The molecule has 0 saturated carbocycles. The lowest BCUT2D eigenvalue weighted by molar-refractivity contribution is -0.137. The van der Waals surface area contributed by atoms with Crippen molar-refractivity contribution in [1.29, 1.82) is 0 Å². The molecule has 1 atom stereocenters. The molecule has 1 aliphatic rings. The molecule has 5 nitrogen and oxygen atoms in total. The molecule has 0 aromatic rings. The third-order valence-electron chi connectivity index (χ3n) is 2.07. The van der Waals surface area contributed by atoms with Gasteiger partial charge in [-0.1, -0.05) is 0 Å². The SMILES string of the molecule is CN1CC(CC(=O)O)N(C)C1=O. The van der Waals surface area contributed by atoms with Crippen LogP contribution in [-0.2, 0) is 4.79 Å². The first-order valence-electron chi connectivity index (χ1n) is 3.72. The van der Waals surface area contributed by atoms with Gasteiger partial charge in [0.25, 0.3) is 0 Å². The Morgan fingerprint density at radius 1 is 1.67 bits per heavy atom. The molecule has 0 bridgehead atoms. The van der Waals surface area contributed by atoms with E-state index in [0.29, 0.717) is 6.54 Å². The molecule has 0 radical (unpaired) electrons. The van der Waals surface area contributed by atoms with Crippen molar-refractivity contribution in [3.8, 4) is 0 Å². The molecule has 1 aliphatic heterocycles. The van der Waals surface area contributed by atoms with Crippen LogP contribution in [0.2, 0.25) is 0 Å². The summed E-state index contributed by atoms with van der Waals surface area (Å²) in [6.45, 7) is 0.502. The Balaban J connectivity index is 2.58. The maximum absolute atomic E-state index is 11.2. The van der Waals surface area contributed by atoms with Crippen LogP contribution in [0.4, 0.5) is 4.79 Å². The molecule has 0 aromatic carbocycles. The zero-order chi connectivity index (χ0) is 9.30. The van der Waals surface area contributed by atoms with Gasteiger partial charge in [0, 0.05) is 20.6 Å². The first-order chi connectivity index (χ1) is 5.52. The lowest BCUT2D eigenvalue weighted by Crippen LogP contribution is -2.31. The number of carbonyl (C=O) groups excluding carboxylic acids is 1. The van der Waals surface area contributed by atoms with Gasteiger partial charge in [0.15, 0.2) is 0 Å². The normalized spacial score (nSPS) is 23.5. The number of carboxylic acid groups (broad SMARTS) is 1. The Hall–Kier alpha value is -1.26. The fourth-order valence-electron chi connectivity index (χ4n) is 1.35. The van der Waals surface area contributed by atoms with E-state index in [2.05, 4.69) is 0 Å². The van der Waals surface area contributed by atoms with Gasteiger partial charge in [-0.05, 0) is 0 Å². The van der Waals surface area contributed by atoms with Crippen LogP contribution in [0.5, 0.6) is 0 Å². The van der Waals surface area contributed by atoms with Crippen LogP contribution < -0.4 is 0 Å². The number of hydrogen-bond acceptors (Lipinski definition) is 2. The van der Waals surface area contributed by atoms with Crippen molar-refractivity contribution in [2.75, 3.05) is 20.6 Å². The van der Waals surface area contributed by atoms with E-state index < -0.39 is 5.97 Å². The topological polar surface area (TPSA) is 60.9 Å². The smallest absolute Gasteiger partial charge is 0.319 e. The predicted octanol–water partition coefficient (Wildman–Crippen LogP) is -0.173. The Labute approximate surface area is 70.6 Å². The van der Waals surface area contributed by atoms with E-state index >= 15 is 0 Å². The molecule has 1 fully saturated rings. The molecule has 0 spiro atoms. The number of carboxylic acids is 1. The summed E-state index contributed by atoms with van der Waals surface area (Å²) < 4.78 is 0. The lowest BCUT2D eigenvalue weighted by atomic mass is 10.2. The molecule has 5 heteroatoms. The second-order valence-corrected chi connectivity index (χ2v) is 3.03. The Morgan fingerprint density at radius 2 is 2.25 bits per heavy atom. The largest absolute Gasteiger partial charge is 0.481 e. The van der Waals surface area contributed by atoms with Crippen molar-refractivity contribution in [3.05, 3.63) is 0 Å². The zero-order valence-corrected chi connectivity index (χ0v) is 7.15. The van der Waals surface area contributed by atoms with Crippen LogP contribution in [0.3, 0.4) is 0 Å².